The van der Waals surface area contributed by atoms with Crippen molar-refractivity contribution in [1.82, 2.24) is 14.8 Å². The maximum absolute atomic E-state index is 10.2. The molecule has 1 aromatic heterocycles. The first-order chi connectivity index (χ1) is 8.08. The summed E-state index contributed by atoms with van der Waals surface area (Å²) in [5, 5.41) is 14.4. The summed E-state index contributed by atoms with van der Waals surface area (Å²) in [6.45, 7) is 6.82. The van der Waals surface area contributed by atoms with Crippen LogP contribution in [0.4, 0.5) is 0 Å². The van der Waals surface area contributed by atoms with Crippen LogP contribution in [0.1, 0.15) is 39.1 Å². The van der Waals surface area contributed by atoms with E-state index in [1.165, 1.54) is 0 Å². The zero-order chi connectivity index (χ0) is 12.4. The van der Waals surface area contributed by atoms with Gasteiger partial charge in [0.15, 0.2) is 0 Å². The van der Waals surface area contributed by atoms with Crippen LogP contribution in [0.2, 0.25) is 0 Å². The Kier molecular flexibility index (Phi) is 3.79. The van der Waals surface area contributed by atoms with E-state index in [1.54, 1.807) is 6.33 Å². The molecule has 96 valence electrons. The summed E-state index contributed by atoms with van der Waals surface area (Å²) in [7, 11) is 0. The highest BCUT2D eigenvalue weighted by molar-refractivity contribution is 4.92. The lowest BCUT2D eigenvalue weighted by Crippen LogP contribution is -2.25. The maximum atomic E-state index is 10.2. The molecule has 1 fully saturated rings. The monoisotopic (exact) mass is 239 g/mol. The van der Waals surface area contributed by atoms with Gasteiger partial charge in [0.25, 0.3) is 0 Å². The number of hydrogen-bond donors (Lipinski definition) is 1. The Morgan fingerprint density at radius 3 is 2.94 bits per heavy atom. The van der Waals surface area contributed by atoms with Gasteiger partial charge in [-0.25, -0.2) is 9.67 Å². The minimum Gasteiger partial charge on any atom is -0.392 e. The second kappa shape index (κ2) is 5.14. The first-order valence-electron chi connectivity index (χ1n) is 6.26. The Bertz CT molecular complexity index is 364. The van der Waals surface area contributed by atoms with Gasteiger partial charge in [-0.1, -0.05) is 0 Å². The van der Waals surface area contributed by atoms with Gasteiger partial charge in [-0.2, -0.15) is 5.10 Å². The van der Waals surface area contributed by atoms with E-state index >= 15 is 0 Å². The summed E-state index contributed by atoms with van der Waals surface area (Å²) in [5.41, 5.74) is 0. The lowest BCUT2D eigenvalue weighted by atomic mass is 9.97. The predicted molar refractivity (Wildman–Crippen MR) is 63.6 cm³/mol. The van der Waals surface area contributed by atoms with Crippen molar-refractivity contribution in [1.29, 1.82) is 0 Å². The standard InChI is InChI=1S/C12H21N3O2/c1-8(2)15-12(13-7-14-15)5-11(16)10-4-9(3)17-6-10/h7-11,16H,4-6H2,1-3H3. The summed E-state index contributed by atoms with van der Waals surface area (Å²) >= 11 is 0. The molecule has 3 atom stereocenters. The van der Waals surface area contributed by atoms with E-state index in [1.807, 2.05) is 11.6 Å². The second-order valence-electron chi connectivity index (χ2n) is 5.13. The Balaban J connectivity index is 1.98. The van der Waals surface area contributed by atoms with Crippen LogP contribution in [-0.2, 0) is 11.2 Å². The Labute approximate surface area is 102 Å². The van der Waals surface area contributed by atoms with Gasteiger partial charge in [0.05, 0.1) is 18.8 Å². The van der Waals surface area contributed by atoms with Crippen LogP contribution in [-0.4, -0.2) is 38.7 Å². The van der Waals surface area contributed by atoms with E-state index < -0.39 is 0 Å². The molecule has 1 aliphatic heterocycles. The third kappa shape index (κ3) is 2.84. The van der Waals surface area contributed by atoms with Crippen molar-refractivity contribution in [3.8, 4) is 0 Å². The number of rotatable bonds is 4. The van der Waals surface area contributed by atoms with Crippen LogP contribution in [0.5, 0.6) is 0 Å². The number of aliphatic hydroxyl groups is 1. The molecule has 1 aliphatic rings. The zero-order valence-electron chi connectivity index (χ0n) is 10.7. The molecule has 17 heavy (non-hydrogen) atoms. The van der Waals surface area contributed by atoms with Gasteiger partial charge in [-0.05, 0) is 27.2 Å². The van der Waals surface area contributed by atoms with Crippen molar-refractivity contribution in [2.45, 2.75) is 51.9 Å². The van der Waals surface area contributed by atoms with Gasteiger partial charge in [0.1, 0.15) is 12.2 Å². The summed E-state index contributed by atoms with van der Waals surface area (Å²) < 4.78 is 7.34. The Hall–Kier alpha value is -0.940. The highest BCUT2D eigenvalue weighted by atomic mass is 16.5. The number of aromatic nitrogens is 3. The average Bonchev–Trinajstić information content (AvgIpc) is 2.86. The average molecular weight is 239 g/mol. The van der Waals surface area contributed by atoms with Gasteiger partial charge in [0, 0.05) is 18.4 Å². The normalized spacial score (nSPS) is 26.6. The molecule has 3 unspecified atom stereocenters. The van der Waals surface area contributed by atoms with Gasteiger partial charge in [-0.3, -0.25) is 0 Å². The quantitative estimate of drug-likeness (QED) is 0.857. The van der Waals surface area contributed by atoms with E-state index in [9.17, 15) is 5.11 Å². The molecule has 5 nitrogen and oxygen atoms in total. The van der Waals surface area contributed by atoms with Crippen LogP contribution < -0.4 is 0 Å². The fourth-order valence-electron chi connectivity index (χ4n) is 2.32. The topological polar surface area (TPSA) is 60.2 Å². The summed E-state index contributed by atoms with van der Waals surface area (Å²) in [6, 6.07) is 0.276. The molecule has 5 heteroatoms. The van der Waals surface area contributed by atoms with Crippen molar-refractivity contribution in [2.75, 3.05) is 6.61 Å². The van der Waals surface area contributed by atoms with E-state index in [2.05, 4.69) is 23.9 Å². The molecule has 0 aromatic carbocycles. The zero-order valence-corrected chi connectivity index (χ0v) is 10.7. The molecule has 2 rings (SSSR count). The molecule has 2 heterocycles. The molecule has 0 bridgehead atoms. The summed E-state index contributed by atoms with van der Waals surface area (Å²) in [6.07, 6.45) is 2.91. The predicted octanol–water partition coefficient (Wildman–Crippen LogP) is 1.19. The minimum absolute atomic E-state index is 0.224. The molecule has 1 N–H and O–H groups in total. The highest BCUT2D eigenvalue weighted by Gasteiger charge is 2.29. The van der Waals surface area contributed by atoms with Crippen molar-refractivity contribution >= 4 is 0 Å². The molecule has 0 saturated carbocycles. The van der Waals surface area contributed by atoms with Crippen LogP contribution in [0.15, 0.2) is 6.33 Å². The molecule has 0 radical (unpaired) electrons. The SMILES string of the molecule is CC1CC(C(O)Cc2ncnn2C(C)C)CO1. The van der Waals surface area contributed by atoms with Crippen molar-refractivity contribution < 1.29 is 9.84 Å². The molecular formula is C12H21N3O2. The first-order valence-corrected chi connectivity index (χ1v) is 6.26. The lowest BCUT2D eigenvalue weighted by molar-refractivity contribution is 0.0788. The van der Waals surface area contributed by atoms with Crippen molar-refractivity contribution in [3.05, 3.63) is 12.2 Å². The fourth-order valence-corrected chi connectivity index (χ4v) is 2.32. The van der Waals surface area contributed by atoms with Crippen molar-refractivity contribution in [2.24, 2.45) is 5.92 Å². The third-order valence-electron chi connectivity index (χ3n) is 3.30. The smallest absolute Gasteiger partial charge is 0.138 e. The number of aliphatic hydroxyl groups excluding tert-OH is 1. The molecule has 0 spiro atoms. The molecule has 1 aromatic rings. The number of hydrogen-bond acceptors (Lipinski definition) is 4. The molecular weight excluding hydrogens is 218 g/mol. The molecule has 0 aliphatic carbocycles. The second-order valence-corrected chi connectivity index (χ2v) is 5.13. The highest BCUT2D eigenvalue weighted by Crippen LogP contribution is 2.24. The Morgan fingerprint density at radius 2 is 2.35 bits per heavy atom. The maximum Gasteiger partial charge on any atom is 0.138 e. The third-order valence-corrected chi connectivity index (χ3v) is 3.30. The van der Waals surface area contributed by atoms with E-state index in [0.29, 0.717) is 13.0 Å². The largest absolute Gasteiger partial charge is 0.392 e. The molecule has 1 saturated heterocycles. The summed E-state index contributed by atoms with van der Waals surface area (Å²) in [5.74, 6) is 1.08. The first kappa shape index (κ1) is 12.5. The van der Waals surface area contributed by atoms with E-state index in [4.69, 9.17) is 4.74 Å². The number of nitrogens with zero attached hydrogens (tertiary/aromatic N) is 3. The Morgan fingerprint density at radius 1 is 1.59 bits per heavy atom. The van der Waals surface area contributed by atoms with Crippen LogP contribution >= 0.6 is 0 Å². The van der Waals surface area contributed by atoms with Gasteiger partial charge < -0.3 is 9.84 Å². The van der Waals surface area contributed by atoms with Gasteiger partial charge in [0.2, 0.25) is 0 Å². The van der Waals surface area contributed by atoms with Crippen LogP contribution in [0.3, 0.4) is 0 Å². The van der Waals surface area contributed by atoms with Crippen LogP contribution in [0, 0.1) is 5.92 Å². The minimum atomic E-state index is -0.387. The summed E-state index contributed by atoms with van der Waals surface area (Å²) in [4.78, 5) is 4.22. The van der Waals surface area contributed by atoms with E-state index in [0.717, 1.165) is 12.2 Å². The molecule has 0 amide bonds. The lowest BCUT2D eigenvalue weighted by Gasteiger charge is -2.17. The van der Waals surface area contributed by atoms with Crippen LogP contribution in [0.25, 0.3) is 0 Å². The van der Waals surface area contributed by atoms with Gasteiger partial charge >= 0.3 is 0 Å². The van der Waals surface area contributed by atoms with E-state index in [-0.39, 0.29) is 24.2 Å². The number of ether oxygens (including phenoxy) is 1. The van der Waals surface area contributed by atoms with Crippen molar-refractivity contribution in [3.63, 3.8) is 0 Å². The fraction of sp³-hybridized carbons (Fsp3) is 0.833. The van der Waals surface area contributed by atoms with Gasteiger partial charge in [-0.15, -0.1) is 0 Å².